The van der Waals surface area contributed by atoms with Crippen molar-refractivity contribution in [3.05, 3.63) is 31.7 Å². The van der Waals surface area contributed by atoms with E-state index < -0.39 is 0 Å². The second-order valence-electron chi connectivity index (χ2n) is 3.19. The molecule has 1 aromatic carbocycles. The van der Waals surface area contributed by atoms with Crippen LogP contribution in [0, 0.1) is 0 Å². The van der Waals surface area contributed by atoms with Crippen LogP contribution >= 0.6 is 46.4 Å². The Morgan fingerprint density at radius 1 is 0.933 bits per heavy atom. The van der Waals surface area contributed by atoms with Crippen molar-refractivity contribution in [3.63, 3.8) is 0 Å². The molecular weight excluding hydrogens is 276 g/mol. The van der Waals surface area contributed by atoms with Gasteiger partial charge in [-0.1, -0.05) is 46.4 Å². The summed E-state index contributed by atoms with van der Waals surface area (Å²) in [4.78, 5) is 0. The highest BCUT2D eigenvalue weighted by molar-refractivity contribution is 6.49. The lowest BCUT2D eigenvalue weighted by atomic mass is 10.1. The van der Waals surface area contributed by atoms with Gasteiger partial charge in [0.15, 0.2) is 0 Å². The molecule has 0 saturated carbocycles. The monoisotopic (exact) mass is 285 g/mol. The number of benzene rings is 1. The average molecular weight is 287 g/mol. The highest BCUT2D eigenvalue weighted by Crippen LogP contribution is 2.37. The Morgan fingerprint density at radius 3 is 2.20 bits per heavy atom. The molecule has 0 fully saturated rings. The predicted octanol–water partition coefficient (Wildman–Crippen LogP) is 4.58. The zero-order valence-electron chi connectivity index (χ0n) is 7.99. The quantitative estimate of drug-likeness (QED) is 0.489. The molecule has 1 nitrogen and oxygen atoms in total. The zero-order valence-corrected chi connectivity index (χ0v) is 11.0. The minimum absolute atomic E-state index is 0.366. The minimum Gasteiger partial charge on any atom is -0.330 e. The highest BCUT2D eigenvalue weighted by atomic mass is 35.5. The second-order valence-corrected chi connectivity index (χ2v) is 4.76. The van der Waals surface area contributed by atoms with Crippen molar-refractivity contribution < 1.29 is 0 Å². The lowest BCUT2D eigenvalue weighted by Crippen LogP contribution is -1.99. The molecule has 1 rings (SSSR count). The Bertz CT molecular complexity index is 352. The molecule has 0 aliphatic heterocycles. The van der Waals surface area contributed by atoms with Crippen LogP contribution in [0.4, 0.5) is 0 Å². The van der Waals surface area contributed by atoms with Gasteiger partial charge in [0.1, 0.15) is 0 Å². The Labute approximate surface area is 109 Å². The van der Waals surface area contributed by atoms with E-state index in [1.54, 1.807) is 6.07 Å². The van der Waals surface area contributed by atoms with Crippen LogP contribution < -0.4 is 5.73 Å². The molecular formula is C10H11Cl4N. The molecule has 0 heterocycles. The number of hydrogen-bond acceptors (Lipinski definition) is 1. The maximum atomic E-state index is 6.05. The van der Waals surface area contributed by atoms with Crippen LogP contribution in [0.25, 0.3) is 0 Å². The summed E-state index contributed by atoms with van der Waals surface area (Å²) in [7, 11) is 0. The van der Waals surface area contributed by atoms with Gasteiger partial charge in [-0.2, -0.15) is 0 Å². The Balaban J connectivity index is 2.92. The molecule has 0 aliphatic carbocycles. The van der Waals surface area contributed by atoms with Gasteiger partial charge in [-0.15, -0.1) is 0 Å². The lowest BCUT2D eigenvalue weighted by molar-refractivity contribution is 0.745. The van der Waals surface area contributed by atoms with E-state index in [0.717, 1.165) is 24.8 Å². The Kier molecular flexibility index (Phi) is 5.51. The first-order valence-electron chi connectivity index (χ1n) is 4.60. The summed E-state index contributed by atoms with van der Waals surface area (Å²) < 4.78 is 0. The van der Waals surface area contributed by atoms with E-state index in [1.807, 2.05) is 0 Å². The van der Waals surface area contributed by atoms with E-state index in [9.17, 15) is 0 Å². The normalized spacial score (nSPS) is 10.7. The van der Waals surface area contributed by atoms with Crippen LogP contribution in [0.1, 0.15) is 18.4 Å². The highest BCUT2D eigenvalue weighted by Gasteiger charge is 2.12. The Hall–Kier alpha value is 0.340. The fraction of sp³-hybridized carbons (Fsp3) is 0.400. The van der Waals surface area contributed by atoms with Crippen LogP contribution in [0.15, 0.2) is 6.07 Å². The van der Waals surface area contributed by atoms with Gasteiger partial charge in [-0.05, 0) is 37.4 Å². The van der Waals surface area contributed by atoms with Crippen LogP contribution in [-0.2, 0) is 6.42 Å². The van der Waals surface area contributed by atoms with Crippen molar-refractivity contribution >= 4 is 46.4 Å². The number of unbranched alkanes of at least 4 members (excludes halogenated alkanes) is 1. The molecule has 0 saturated heterocycles. The zero-order chi connectivity index (χ0) is 11.4. The topological polar surface area (TPSA) is 26.0 Å². The van der Waals surface area contributed by atoms with E-state index >= 15 is 0 Å². The van der Waals surface area contributed by atoms with E-state index in [-0.39, 0.29) is 0 Å². The van der Waals surface area contributed by atoms with Gasteiger partial charge in [0.05, 0.1) is 15.1 Å². The largest absolute Gasteiger partial charge is 0.330 e. The summed E-state index contributed by atoms with van der Waals surface area (Å²) in [5, 5.41) is 1.76. The molecule has 1 aromatic rings. The number of nitrogens with two attached hydrogens (primary N) is 1. The van der Waals surface area contributed by atoms with Crippen LogP contribution in [0.3, 0.4) is 0 Å². The van der Waals surface area contributed by atoms with Crippen molar-refractivity contribution in [1.29, 1.82) is 0 Å². The van der Waals surface area contributed by atoms with Gasteiger partial charge in [0.25, 0.3) is 0 Å². The summed E-state index contributed by atoms with van der Waals surface area (Å²) in [6.45, 7) is 0.663. The van der Waals surface area contributed by atoms with Gasteiger partial charge in [0.2, 0.25) is 0 Å². The van der Waals surface area contributed by atoms with Crippen molar-refractivity contribution in [1.82, 2.24) is 0 Å². The molecule has 0 atom stereocenters. The number of hydrogen-bond donors (Lipinski definition) is 1. The number of halogens is 4. The minimum atomic E-state index is 0.366. The SMILES string of the molecule is NCCCCc1c(Cl)cc(Cl)c(Cl)c1Cl. The summed E-state index contributed by atoms with van der Waals surface area (Å²) >= 11 is 23.8. The lowest BCUT2D eigenvalue weighted by Gasteiger charge is -2.09. The molecule has 0 aromatic heterocycles. The van der Waals surface area contributed by atoms with Gasteiger partial charge in [0, 0.05) is 5.02 Å². The van der Waals surface area contributed by atoms with Gasteiger partial charge >= 0.3 is 0 Å². The summed E-state index contributed by atoms with van der Waals surface area (Å²) in [5.41, 5.74) is 6.26. The maximum absolute atomic E-state index is 6.05. The van der Waals surface area contributed by atoms with E-state index in [2.05, 4.69) is 0 Å². The molecule has 15 heavy (non-hydrogen) atoms. The first kappa shape index (κ1) is 13.4. The fourth-order valence-corrected chi connectivity index (χ4v) is 2.40. The summed E-state index contributed by atoms with van der Waals surface area (Å²) in [6, 6.07) is 1.62. The maximum Gasteiger partial charge on any atom is 0.0782 e. The van der Waals surface area contributed by atoms with Crippen LogP contribution in [-0.4, -0.2) is 6.54 Å². The molecule has 0 bridgehead atoms. The van der Waals surface area contributed by atoms with E-state index in [0.29, 0.717) is 26.6 Å². The van der Waals surface area contributed by atoms with E-state index in [4.69, 9.17) is 52.1 Å². The molecule has 0 amide bonds. The third-order valence-electron chi connectivity index (χ3n) is 2.09. The first-order valence-corrected chi connectivity index (χ1v) is 6.11. The molecule has 5 heteroatoms. The third kappa shape index (κ3) is 3.40. The second kappa shape index (κ2) is 6.17. The van der Waals surface area contributed by atoms with Gasteiger partial charge in [-0.3, -0.25) is 0 Å². The van der Waals surface area contributed by atoms with Gasteiger partial charge < -0.3 is 5.73 Å². The fourth-order valence-electron chi connectivity index (χ4n) is 1.28. The van der Waals surface area contributed by atoms with Crippen molar-refractivity contribution in [2.75, 3.05) is 6.54 Å². The molecule has 0 unspecified atom stereocenters. The van der Waals surface area contributed by atoms with Crippen molar-refractivity contribution in [2.45, 2.75) is 19.3 Å². The van der Waals surface area contributed by atoms with Crippen LogP contribution in [0.2, 0.25) is 20.1 Å². The van der Waals surface area contributed by atoms with Gasteiger partial charge in [-0.25, -0.2) is 0 Å². The molecule has 0 spiro atoms. The first-order chi connectivity index (χ1) is 7.07. The molecule has 84 valence electrons. The smallest absolute Gasteiger partial charge is 0.0782 e. The van der Waals surface area contributed by atoms with E-state index in [1.165, 1.54) is 0 Å². The predicted molar refractivity (Wildman–Crippen MR) is 68.5 cm³/mol. The molecule has 2 N–H and O–H groups in total. The Morgan fingerprint density at radius 2 is 1.60 bits per heavy atom. The van der Waals surface area contributed by atoms with Crippen LogP contribution in [0.5, 0.6) is 0 Å². The van der Waals surface area contributed by atoms with Crippen molar-refractivity contribution in [3.8, 4) is 0 Å². The van der Waals surface area contributed by atoms with Crippen molar-refractivity contribution in [2.24, 2.45) is 5.73 Å². The molecule has 0 aliphatic rings. The summed E-state index contributed by atoms with van der Waals surface area (Å²) in [6.07, 6.45) is 2.65. The summed E-state index contributed by atoms with van der Waals surface area (Å²) in [5.74, 6) is 0. The third-order valence-corrected chi connectivity index (χ3v) is 3.73. The standard InChI is InChI=1S/C10H11Cl4N/c11-7-5-8(12)10(14)9(13)6(7)3-1-2-4-15/h5H,1-4,15H2. The average Bonchev–Trinajstić information content (AvgIpc) is 2.20. The number of rotatable bonds is 4. The molecule has 0 radical (unpaired) electrons.